The first-order valence-corrected chi connectivity index (χ1v) is 5.52. The van der Waals surface area contributed by atoms with Crippen LogP contribution in [0, 0.1) is 0 Å². The summed E-state index contributed by atoms with van der Waals surface area (Å²) in [5, 5.41) is 2.72. The number of benzene rings is 1. The fourth-order valence-electron chi connectivity index (χ4n) is 1.47. The van der Waals surface area contributed by atoms with E-state index in [1.807, 2.05) is 38.1 Å². The zero-order valence-corrected chi connectivity index (χ0v) is 9.69. The molecule has 1 atom stereocenters. The number of carbonyl (C=O) groups is 1. The van der Waals surface area contributed by atoms with Crippen LogP contribution in [0.25, 0.3) is 0 Å². The number of anilines is 1. The molecule has 1 aliphatic rings. The van der Waals surface area contributed by atoms with Crippen LogP contribution in [0.1, 0.15) is 19.4 Å². The minimum Gasteiger partial charge on any atom is -0.447 e. The number of hydrogen-bond acceptors (Lipinski definition) is 3. The molecule has 2 rings (SSSR count). The molecule has 0 unspecified atom stereocenters. The van der Waals surface area contributed by atoms with Crippen molar-refractivity contribution in [3.8, 4) is 0 Å². The molecule has 16 heavy (non-hydrogen) atoms. The molecule has 1 fully saturated rings. The lowest BCUT2D eigenvalue weighted by Gasteiger charge is -2.06. The van der Waals surface area contributed by atoms with Gasteiger partial charge in [0.15, 0.2) is 0 Å². The van der Waals surface area contributed by atoms with Gasteiger partial charge < -0.3 is 15.8 Å². The van der Waals surface area contributed by atoms with Crippen molar-refractivity contribution in [2.24, 2.45) is 0 Å². The minimum absolute atomic E-state index is 0.0890. The maximum absolute atomic E-state index is 10.7. The van der Waals surface area contributed by atoms with Crippen molar-refractivity contribution >= 4 is 11.8 Å². The Labute approximate surface area is 95.8 Å². The number of nitrogens with two attached hydrogens (primary N) is 1. The molecule has 0 bridgehead atoms. The number of alkyl carbamates (subject to hydrolysis) is 1. The minimum atomic E-state index is -0.328. The number of ether oxygens (including phenoxy) is 1. The van der Waals surface area contributed by atoms with E-state index in [4.69, 9.17) is 10.5 Å². The number of nitrogen functional groups attached to an aromatic ring is 1. The highest BCUT2D eigenvalue weighted by Crippen LogP contribution is 2.10. The van der Waals surface area contributed by atoms with Crippen LogP contribution in [0.4, 0.5) is 10.5 Å². The summed E-state index contributed by atoms with van der Waals surface area (Å²) in [6, 6.07) is 7.71. The summed E-state index contributed by atoms with van der Waals surface area (Å²) in [4.78, 5) is 10.7. The van der Waals surface area contributed by atoms with Gasteiger partial charge in [0.05, 0.1) is 6.04 Å². The fourth-order valence-corrected chi connectivity index (χ4v) is 1.47. The lowest BCUT2D eigenvalue weighted by Crippen LogP contribution is -2.28. The van der Waals surface area contributed by atoms with Crippen LogP contribution in [0.5, 0.6) is 0 Å². The van der Waals surface area contributed by atoms with Crippen LogP contribution in [-0.2, 0) is 11.2 Å². The maximum atomic E-state index is 10.7. The first kappa shape index (κ1) is 12.4. The van der Waals surface area contributed by atoms with Crippen molar-refractivity contribution in [3.63, 3.8) is 0 Å². The second kappa shape index (κ2) is 6.00. The van der Waals surface area contributed by atoms with Crippen LogP contribution >= 0.6 is 0 Å². The van der Waals surface area contributed by atoms with Gasteiger partial charge in [-0.1, -0.05) is 26.0 Å². The summed E-state index contributed by atoms with van der Waals surface area (Å²) in [6.45, 7) is 4.45. The highest BCUT2D eigenvalue weighted by atomic mass is 16.6. The fraction of sp³-hybridized carbons (Fsp3) is 0.417. The molecule has 1 amide bonds. The Bertz CT molecular complexity index is 335. The molecule has 0 saturated carbocycles. The smallest absolute Gasteiger partial charge is 0.407 e. The highest BCUT2D eigenvalue weighted by molar-refractivity contribution is 5.69. The van der Waals surface area contributed by atoms with Crippen LogP contribution < -0.4 is 11.1 Å². The van der Waals surface area contributed by atoms with Crippen molar-refractivity contribution in [2.45, 2.75) is 26.3 Å². The third kappa shape index (κ3) is 3.46. The van der Waals surface area contributed by atoms with Crippen LogP contribution in [0.3, 0.4) is 0 Å². The van der Waals surface area contributed by atoms with Gasteiger partial charge in [-0.05, 0) is 24.1 Å². The number of cyclic esters (lactones) is 1. The summed E-state index contributed by atoms with van der Waals surface area (Å²) in [6.07, 6.45) is 0.455. The average molecular weight is 222 g/mol. The van der Waals surface area contributed by atoms with Gasteiger partial charge in [0, 0.05) is 5.69 Å². The predicted molar refractivity (Wildman–Crippen MR) is 64.2 cm³/mol. The van der Waals surface area contributed by atoms with E-state index in [0.29, 0.717) is 6.61 Å². The molecule has 0 radical (unpaired) electrons. The molecule has 3 N–H and O–H groups in total. The predicted octanol–water partition coefficient (Wildman–Crippen LogP) is 1.95. The van der Waals surface area contributed by atoms with Crippen molar-refractivity contribution in [3.05, 3.63) is 29.8 Å². The number of carbonyl (C=O) groups excluding carboxylic acids is 1. The van der Waals surface area contributed by atoms with E-state index < -0.39 is 0 Å². The monoisotopic (exact) mass is 222 g/mol. The Hall–Kier alpha value is -1.71. The lowest BCUT2D eigenvalue weighted by atomic mass is 10.1. The Kier molecular flexibility index (Phi) is 4.64. The van der Waals surface area contributed by atoms with E-state index in [0.717, 1.165) is 17.7 Å². The second-order valence-corrected chi connectivity index (χ2v) is 3.39. The molecule has 4 nitrogen and oxygen atoms in total. The van der Waals surface area contributed by atoms with Crippen molar-refractivity contribution in [1.29, 1.82) is 0 Å². The molecule has 0 aromatic heterocycles. The summed E-state index contributed by atoms with van der Waals surface area (Å²) in [5.41, 5.74) is 7.46. The standard InChI is InChI=1S/C10H12N2O2.C2H6/c11-8-3-1-7(2-4-8)5-9-6-14-10(13)12-9;1-2/h1-4,9H,5-6,11H2,(H,12,13);1-2H3/t9-;/m0./s1. The molecule has 4 heteroatoms. The van der Waals surface area contributed by atoms with Gasteiger partial charge >= 0.3 is 6.09 Å². The van der Waals surface area contributed by atoms with Crippen LogP contribution in [0.2, 0.25) is 0 Å². The van der Waals surface area contributed by atoms with E-state index in [1.54, 1.807) is 0 Å². The van der Waals surface area contributed by atoms with Gasteiger partial charge in [0.2, 0.25) is 0 Å². The molecule has 1 heterocycles. The summed E-state index contributed by atoms with van der Waals surface area (Å²) in [7, 11) is 0. The van der Waals surface area contributed by atoms with E-state index in [-0.39, 0.29) is 12.1 Å². The lowest BCUT2D eigenvalue weighted by molar-refractivity contribution is 0.177. The average Bonchev–Trinajstić information content (AvgIpc) is 2.70. The normalized spacial score (nSPS) is 18.1. The SMILES string of the molecule is CC.Nc1ccc(C[C@H]2COC(=O)N2)cc1. The van der Waals surface area contributed by atoms with Gasteiger partial charge in [-0.3, -0.25) is 0 Å². The van der Waals surface area contributed by atoms with E-state index >= 15 is 0 Å². The van der Waals surface area contributed by atoms with Crippen molar-refractivity contribution < 1.29 is 9.53 Å². The quantitative estimate of drug-likeness (QED) is 0.752. The van der Waals surface area contributed by atoms with E-state index in [9.17, 15) is 4.79 Å². The summed E-state index contributed by atoms with van der Waals surface area (Å²) >= 11 is 0. The summed E-state index contributed by atoms with van der Waals surface area (Å²) in [5.74, 6) is 0. The summed E-state index contributed by atoms with van der Waals surface area (Å²) < 4.78 is 4.79. The Morgan fingerprint density at radius 3 is 2.50 bits per heavy atom. The Morgan fingerprint density at radius 1 is 1.38 bits per heavy atom. The van der Waals surface area contributed by atoms with Crippen molar-refractivity contribution in [2.75, 3.05) is 12.3 Å². The topological polar surface area (TPSA) is 64.3 Å². The van der Waals surface area contributed by atoms with E-state index in [1.165, 1.54) is 0 Å². The van der Waals surface area contributed by atoms with Gasteiger partial charge in [0.1, 0.15) is 6.61 Å². The largest absolute Gasteiger partial charge is 0.447 e. The molecule has 1 aliphatic heterocycles. The first-order chi connectivity index (χ1) is 7.74. The van der Waals surface area contributed by atoms with Gasteiger partial charge in [0.25, 0.3) is 0 Å². The molecule has 0 aliphatic carbocycles. The molecule has 88 valence electrons. The van der Waals surface area contributed by atoms with Gasteiger partial charge in [-0.25, -0.2) is 4.79 Å². The zero-order valence-electron chi connectivity index (χ0n) is 9.69. The number of nitrogens with one attached hydrogen (secondary N) is 1. The molecule has 1 saturated heterocycles. The molecule has 1 aromatic carbocycles. The van der Waals surface area contributed by atoms with Crippen LogP contribution in [-0.4, -0.2) is 18.7 Å². The van der Waals surface area contributed by atoms with Gasteiger partial charge in [-0.15, -0.1) is 0 Å². The highest BCUT2D eigenvalue weighted by Gasteiger charge is 2.21. The maximum Gasteiger partial charge on any atom is 0.407 e. The molecular weight excluding hydrogens is 204 g/mol. The van der Waals surface area contributed by atoms with Gasteiger partial charge in [-0.2, -0.15) is 0 Å². The Morgan fingerprint density at radius 2 is 2.00 bits per heavy atom. The van der Waals surface area contributed by atoms with Crippen LogP contribution in [0.15, 0.2) is 24.3 Å². The first-order valence-electron chi connectivity index (χ1n) is 5.52. The third-order valence-corrected chi connectivity index (χ3v) is 2.20. The molecular formula is C12H18N2O2. The van der Waals surface area contributed by atoms with E-state index in [2.05, 4.69) is 5.32 Å². The second-order valence-electron chi connectivity index (χ2n) is 3.39. The molecule has 1 aromatic rings. The number of rotatable bonds is 2. The zero-order chi connectivity index (χ0) is 12.0. The number of amides is 1. The number of hydrogen-bond donors (Lipinski definition) is 2. The third-order valence-electron chi connectivity index (χ3n) is 2.20. The Balaban J connectivity index is 0.000000606. The molecule has 0 spiro atoms. The van der Waals surface area contributed by atoms with Crippen molar-refractivity contribution in [1.82, 2.24) is 5.32 Å².